The molecule has 0 saturated carbocycles. The quantitative estimate of drug-likeness (QED) is 0.727. The van der Waals surface area contributed by atoms with Gasteiger partial charge in [0.05, 0.1) is 18.4 Å². The number of ether oxygens (including phenoxy) is 1. The molecule has 9 heteroatoms. The average Bonchev–Trinajstić information content (AvgIpc) is 2.99. The maximum atomic E-state index is 14.1. The van der Waals surface area contributed by atoms with Crippen molar-refractivity contribution in [3.05, 3.63) is 64.4 Å². The number of carboxylic acids is 1. The molecule has 3 aromatic rings. The van der Waals surface area contributed by atoms with E-state index in [1.54, 1.807) is 6.07 Å². The fourth-order valence-corrected chi connectivity index (χ4v) is 2.81. The van der Waals surface area contributed by atoms with Gasteiger partial charge in [-0.15, -0.1) is 0 Å². The second-order valence-electron chi connectivity index (χ2n) is 5.34. The van der Waals surface area contributed by atoms with Gasteiger partial charge in [0.15, 0.2) is 22.4 Å². The van der Waals surface area contributed by atoms with E-state index in [1.807, 2.05) is 0 Å². The highest BCUT2D eigenvalue weighted by Gasteiger charge is 2.25. The van der Waals surface area contributed by atoms with E-state index in [-0.39, 0.29) is 33.5 Å². The molecule has 0 aliphatic rings. The first-order valence-electron chi connectivity index (χ1n) is 7.42. The number of carboxylic acid groups (broad SMARTS) is 1. The molecule has 1 heterocycles. The van der Waals surface area contributed by atoms with Crippen LogP contribution in [-0.2, 0) is 0 Å². The Morgan fingerprint density at radius 1 is 1.26 bits per heavy atom. The number of aromatic carboxylic acids is 1. The smallest absolute Gasteiger partial charge is 0.356 e. The van der Waals surface area contributed by atoms with Crippen molar-refractivity contribution in [1.29, 1.82) is 5.26 Å². The minimum atomic E-state index is -1.40. The lowest BCUT2D eigenvalue weighted by atomic mass is 10.1. The van der Waals surface area contributed by atoms with Crippen LogP contribution in [0.1, 0.15) is 16.1 Å². The Hall–Kier alpha value is -3.44. The van der Waals surface area contributed by atoms with Crippen molar-refractivity contribution in [2.45, 2.75) is 0 Å². The van der Waals surface area contributed by atoms with Crippen LogP contribution in [0.5, 0.6) is 5.75 Å². The van der Waals surface area contributed by atoms with Crippen molar-refractivity contribution in [2.75, 3.05) is 7.11 Å². The van der Waals surface area contributed by atoms with Crippen molar-refractivity contribution in [1.82, 2.24) is 9.55 Å². The molecule has 0 spiro atoms. The minimum absolute atomic E-state index is 0.0228. The monoisotopic (exact) mass is 389 g/mol. The minimum Gasteiger partial charge on any atom is -0.494 e. The van der Waals surface area contributed by atoms with Gasteiger partial charge in [-0.05, 0) is 30.3 Å². The summed E-state index contributed by atoms with van der Waals surface area (Å²) in [6, 6.07) is 9.11. The summed E-state index contributed by atoms with van der Waals surface area (Å²) >= 11 is 5.96. The fraction of sp³-hybridized carbons (Fsp3) is 0.0556. The molecule has 1 aromatic heterocycles. The summed E-state index contributed by atoms with van der Waals surface area (Å²) < 4.78 is 34.1. The predicted molar refractivity (Wildman–Crippen MR) is 92.2 cm³/mol. The second-order valence-corrected chi connectivity index (χ2v) is 5.70. The highest BCUT2D eigenvalue weighted by atomic mass is 35.5. The van der Waals surface area contributed by atoms with Crippen molar-refractivity contribution in [3.8, 4) is 28.9 Å². The topological polar surface area (TPSA) is 88.1 Å². The summed E-state index contributed by atoms with van der Waals surface area (Å²) in [5.41, 5.74) is -0.333. The van der Waals surface area contributed by atoms with E-state index >= 15 is 0 Å². The first kappa shape index (κ1) is 18.4. The van der Waals surface area contributed by atoms with E-state index in [1.165, 1.54) is 31.4 Å². The largest absolute Gasteiger partial charge is 0.494 e. The zero-order valence-corrected chi connectivity index (χ0v) is 14.5. The molecule has 2 aromatic carbocycles. The summed E-state index contributed by atoms with van der Waals surface area (Å²) in [7, 11) is 1.29. The van der Waals surface area contributed by atoms with Crippen molar-refractivity contribution < 1.29 is 23.4 Å². The molecule has 6 nitrogen and oxygen atoms in total. The molecule has 0 aliphatic carbocycles. The molecule has 0 radical (unpaired) electrons. The lowest BCUT2D eigenvalue weighted by Gasteiger charge is -2.12. The standard InChI is InChI=1S/C18H10ClF2N3O3/c1-27-14-5-4-11(7-13(14)21)24-15(18(25)26)16(19)23-17(24)9-2-3-10(8-22)12(20)6-9/h2-7H,1H3,(H,25,26). The first-order valence-corrected chi connectivity index (χ1v) is 7.80. The number of aromatic nitrogens is 2. The van der Waals surface area contributed by atoms with Crippen molar-refractivity contribution in [3.63, 3.8) is 0 Å². The van der Waals surface area contributed by atoms with Crippen molar-refractivity contribution >= 4 is 17.6 Å². The molecule has 3 rings (SSSR count). The number of nitrogens with zero attached hydrogens (tertiary/aromatic N) is 3. The number of nitriles is 1. The molecule has 0 unspecified atom stereocenters. The Kier molecular flexibility index (Phi) is 4.79. The number of hydrogen-bond donors (Lipinski definition) is 1. The summed E-state index contributed by atoms with van der Waals surface area (Å²) in [4.78, 5) is 15.6. The number of halogens is 3. The van der Waals surface area contributed by atoms with E-state index in [0.717, 1.165) is 16.7 Å². The number of methoxy groups -OCH3 is 1. The maximum absolute atomic E-state index is 14.1. The summed E-state index contributed by atoms with van der Waals surface area (Å²) in [5, 5.41) is 18.0. The predicted octanol–water partition coefficient (Wildman–Crippen LogP) is 4.05. The zero-order chi connectivity index (χ0) is 19.7. The van der Waals surface area contributed by atoms with Crippen molar-refractivity contribution in [2.24, 2.45) is 0 Å². The normalized spacial score (nSPS) is 10.5. The average molecular weight is 390 g/mol. The Bertz CT molecular complexity index is 1110. The fourth-order valence-electron chi connectivity index (χ4n) is 2.56. The van der Waals surface area contributed by atoms with Gasteiger partial charge in [-0.3, -0.25) is 4.57 Å². The molecule has 27 heavy (non-hydrogen) atoms. The van der Waals surface area contributed by atoms with E-state index in [4.69, 9.17) is 21.6 Å². The van der Waals surface area contributed by atoms with Gasteiger partial charge in [0.1, 0.15) is 17.7 Å². The Morgan fingerprint density at radius 3 is 2.56 bits per heavy atom. The van der Waals surface area contributed by atoms with Gasteiger partial charge in [0, 0.05) is 11.6 Å². The van der Waals surface area contributed by atoms with E-state index in [9.17, 15) is 18.7 Å². The Balaban J connectivity index is 2.29. The Labute approximate surface area is 156 Å². The van der Waals surface area contributed by atoms with Gasteiger partial charge in [0.2, 0.25) is 0 Å². The molecule has 0 atom stereocenters. The molecule has 1 N–H and O–H groups in total. The van der Waals surface area contributed by atoms with Gasteiger partial charge in [-0.2, -0.15) is 5.26 Å². The molecule has 136 valence electrons. The number of rotatable bonds is 4. The van der Waals surface area contributed by atoms with Gasteiger partial charge < -0.3 is 9.84 Å². The molecule has 0 amide bonds. The van der Waals surface area contributed by atoms with Crippen LogP contribution >= 0.6 is 11.6 Å². The van der Waals surface area contributed by atoms with Crippen LogP contribution in [0.15, 0.2) is 36.4 Å². The molecule has 0 aliphatic heterocycles. The van der Waals surface area contributed by atoms with Crippen LogP contribution in [0, 0.1) is 23.0 Å². The SMILES string of the molecule is COc1ccc(-n2c(-c3ccc(C#N)c(F)c3)nc(Cl)c2C(=O)O)cc1F. The molecular weight excluding hydrogens is 380 g/mol. The number of hydrogen-bond acceptors (Lipinski definition) is 4. The third-order valence-corrected chi connectivity index (χ3v) is 4.04. The van der Waals surface area contributed by atoms with Crippen LogP contribution in [0.3, 0.4) is 0 Å². The van der Waals surface area contributed by atoms with Gasteiger partial charge in [-0.1, -0.05) is 11.6 Å². The zero-order valence-electron chi connectivity index (χ0n) is 13.7. The summed E-state index contributed by atoms with van der Waals surface area (Å²) in [6.07, 6.45) is 0. The van der Waals surface area contributed by atoms with Gasteiger partial charge in [0.25, 0.3) is 0 Å². The number of imidazole rings is 1. The number of benzene rings is 2. The summed E-state index contributed by atoms with van der Waals surface area (Å²) in [6.45, 7) is 0. The third kappa shape index (κ3) is 3.20. The van der Waals surface area contributed by atoms with Crippen LogP contribution < -0.4 is 4.74 Å². The van der Waals surface area contributed by atoms with Crippen LogP contribution in [0.4, 0.5) is 8.78 Å². The Morgan fingerprint density at radius 2 is 2.00 bits per heavy atom. The van der Waals surface area contributed by atoms with E-state index < -0.39 is 23.3 Å². The van der Waals surface area contributed by atoms with E-state index in [2.05, 4.69) is 4.98 Å². The lowest BCUT2D eigenvalue weighted by Crippen LogP contribution is -2.09. The molecular formula is C18H10ClF2N3O3. The summed E-state index contributed by atoms with van der Waals surface area (Å²) in [5.74, 6) is -2.99. The van der Waals surface area contributed by atoms with Crippen LogP contribution in [0.25, 0.3) is 17.1 Å². The van der Waals surface area contributed by atoms with E-state index in [0.29, 0.717) is 0 Å². The molecule has 0 saturated heterocycles. The van der Waals surface area contributed by atoms with Gasteiger partial charge in [-0.25, -0.2) is 18.6 Å². The highest BCUT2D eigenvalue weighted by molar-refractivity contribution is 6.32. The second kappa shape index (κ2) is 7.05. The number of carbonyl (C=O) groups is 1. The molecule has 0 bridgehead atoms. The maximum Gasteiger partial charge on any atom is 0.356 e. The first-order chi connectivity index (χ1) is 12.9. The third-order valence-electron chi connectivity index (χ3n) is 3.78. The molecule has 0 fully saturated rings. The highest BCUT2D eigenvalue weighted by Crippen LogP contribution is 2.31. The van der Waals surface area contributed by atoms with Gasteiger partial charge >= 0.3 is 5.97 Å². The van der Waals surface area contributed by atoms with Crippen LogP contribution in [0.2, 0.25) is 5.15 Å². The van der Waals surface area contributed by atoms with Crippen LogP contribution in [-0.4, -0.2) is 27.7 Å². The lowest BCUT2D eigenvalue weighted by molar-refractivity contribution is 0.0688.